The molecule has 3 rings (SSSR count). The third kappa shape index (κ3) is 3.01. The van der Waals surface area contributed by atoms with Crippen molar-refractivity contribution in [1.82, 2.24) is 4.98 Å². The van der Waals surface area contributed by atoms with E-state index in [1.54, 1.807) is 0 Å². The summed E-state index contributed by atoms with van der Waals surface area (Å²) < 4.78 is 0. The predicted molar refractivity (Wildman–Crippen MR) is 94.6 cm³/mol. The Morgan fingerprint density at radius 1 is 0.727 bits per heavy atom. The highest BCUT2D eigenvalue weighted by molar-refractivity contribution is 6.30. The van der Waals surface area contributed by atoms with Crippen LogP contribution >= 0.6 is 23.2 Å². The Morgan fingerprint density at radius 3 is 1.77 bits per heavy atom. The van der Waals surface area contributed by atoms with Gasteiger partial charge in [-0.3, -0.25) is 0 Å². The highest BCUT2D eigenvalue weighted by Crippen LogP contribution is 2.29. The Hall–Kier alpha value is -1.83. The molecular formula is C19H15Cl2N. The Balaban J connectivity index is 2.14. The molecule has 0 aliphatic carbocycles. The second-order valence-corrected chi connectivity index (χ2v) is 6.18. The van der Waals surface area contributed by atoms with Crippen molar-refractivity contribution in [2.24, 2.45) is 0 Å². The van der Waals surface area contributed by atoms with Crippen LogP contribution in [-0.2, 0) is 0 Å². The van der Waals surface area contributed by atoms with Gasteiger partial charge in [0.25, 0.3) is 0 Å². The first-order valence-corrected chi connectivity index (χ1v) is 7.80. The first kappa shape index (κ1) is 15.1. The van der Waals surface area contributed by atoms with Gasteiger partial charge in [-0.05, 0) is 55.3 Å². The van der Waals surface area contributed by atoms with Gasteiger partial charge in [-0.1, -0.05) is 47.5 Å². The Morgan fingerprint density at radius 2 is 1.23 bits per heavy atom. The molecule has 1 aromatic heterocycles. The van der Waals surface area contributed by atoms with Gasteiger partial charge in [0.1, 0.15) is 0 Å². The molecule has 1 nitrogen and oxygen atoms in total. The van der Waals surface area contributed by atoms with Gasteiger partial charge in [-0.15, -0.1) is 0 Å². The van der Waals surface area contributed by atoms with Gasteiger partial charge in [-0.25, -0.2) is 4.98 Å². The van der Waals surface area contributed by atoms with Crippen molar-refractivity contribution in [3.63, 3.8) is 0 Å². The first-order valence-electron chi connectivity index (χ1n) is 7.05. The third-order valence-electron chi connectivity index (χ3n) is 3.79. The standard InChI is InChI=1S/C19H15Cl2N/c1-12-11-18(14-3-7-16(20)8-4-14)22-19(13(12)2)15-5-9-17(21)10-6-15/h3-11H,1-2H3. The lowest BCUT2D eigenvalue weighted by molar-refractivity contribution is 1.22. The smallest absolute Gasteiger partial charge is 0.0741 e. The van der Waals surface area contributed by atoms with E-state index in [4.69, 9.17) is 28.2 Å². The molecule has 0 saturated heterocycles. The number of halogens is 2. The van der Waals surface area contributed by atoms with Crippen molar-refractivity contribution >= 4 is 23.2 Å². The molecule has 3 heteroatoms. The number of hydrogen-bond donors (Lipinski definition) is 0. The van der Waals surface area contributed by atoms with E-state index in [0.717, 1.165) is 32.6 Å². The molecular weight excluding hydrogens is 313 g/mol. The number of rotatable bonds is 2. The molecule has 0 N–H and O–H groups in total. The number of pyridine rings is 1. The van der Waals surface area contributed by atoms with Crippen molar-refractivity contribution in [2.45, 2.75) is 13.8 Å². The minimum absolute atomic E-state index is 0.727. The number of benzene rings is 2. The van der Waals surface area contributed by atoms with Gasteiger partial charge < -0.3 is 0 Å². The Kier molecular flexibility index (Phi) is 4.19. The fourth-order valence-electron chi connectivity index (χ4n) is 2.39. The van der Waals surface area contributed by atoms with Crippen LogP contribution in [0.2, 0.25) is 10.0 Å². The number of aromatic nitrogens is 1. The Bertz CT molecular complexity index is 806. The molecule has 0 aliphatic heterocycles. The van der Waals surface area contributed by atoms with Crippen LogP contribution in [0.3, 0.4) is 0 Å². The average Bonchev–Trinajstić information content (AvgIpc) is 2.52. The van der Waals surface area contributed by atoms with E-state index in [1.165, 1.54) is 11.1 Å². The quantitative estimate of drug-likeness (QED) is 0.535. The third-order valence-corrected chi connectivity index (χ3v) is 4.29. The van der Waals surface area contributed by atoms with E-state index >= 15 is 0 Å². The van der Waals surface area contributed by atoms with Crippen LogP contribution in [0.4, 0.5) is 0 Å². The number of hydrogen-bond acceptors (Lipinski definition) is 1. The maximum atomic E-state index is 5.98. The monoisotopic (exact) mass is 327 g/mol. The largest absolute Gasteiger partial charge is 0.247 e. The second-order valence-electron chi connectivity index (χ2n) is 5.31. The molecule has 0 spiro atoms. The van der Waals surface area contributed by atoms with E-state index in [-0.39, 0.29) is 0 Å². The van der Waals surface area contributed by atoms with Crippen molar-refractivity contribution < 1.29 is 0 Å². The molecule has 0 unspecified atom stereocenters. The predicted octanol–water partition coefficient (Wildman–Crippen LogP) is 6.34. The minimum Gasteiger partial charge on any atom is -0.247 e. The molecule has 1 heterocycles. The summed E-state index contributed by atoms with van der Waals surface area (Å²) in [5, 5.41) is 1.46. The van der Waals surface area contributed by atoms with Crippen molar-refractivity contribution in [2.75, 3.05) is 0 Å². The fourth-order valence-corrected chi connectivity index (χ4v) is 2.65. The Labute approximate surface area is 140 Å². The average molecular weight is 328 g/mol. The molecule has 110 valence electrons. The first-order chi connectivity index (χ1) is 10.5. The lowest BCUT2D eigenvalue weighted by atomic mass is 10.00. The molecule has 22 heavy (non-hydrogen) atoms. The van der Waals surface area contributed by atoms with Crippen LogP contribution in [0, 0.1) is 13.8 Å². The van der Waals surface area contributed by atoms with Gasteiger partial charge in [0, 0.05) is 21.2 Å². The molecule has 0 fully saturated rings. The highest BCUT2D eigenvalue weighted by atomic mass is 35.5. The molecule has 0 bridgehead atoms. The van der Waals surface area contributed by atoms with Crippen LogP contribution in [-0.4, -0.2) is 4.98 Å². The summed E-state index contributed by atoms with van der Waals surface area (Å²) in [5.74, 6) is 0. The number of nitrogens with zero attached hydrogens (tertiary/aromatic N) is 1. The summed E-state index contributed by atoms with van der Waals surface area (Å²) in [4.78, 5) is 4.85. The van der Waals surface area contributed by atoms with Crippen LogP contribution in [0.15, 0.2) is 54.6 Å². The molecule has 2 aromatic carbocycles. The lowest BCUT2D eigenvalue weighted by Crippen LogP contribution is -1.95. The van der Waals surface area contributed by atoms with Gasteiger partial charge in [0.05, 0.1) is 11.4 Å². The zero-order chi connectivity index (χ0) is 15.7. The SMILES string of the molecule is Cc1cc(-c2ccc(Cl)cc2)nc(-c2ccc(Cl)cc2)c1C. The summed E-state index contributed by atoms with van der Waals surface area (Å²) in [6, 6.07) is 17.6. The summed E-state index contributed by atoms with van der Waals surface area (Å²) in [7, 11) is 0. The summed E-state index contributed by atoms with van der Waals surface area (Å²) in [6.07, 6.45) is 0. The van der Waals surface area contributed by atoms with Crippen molar-refractivity contribution in [1.29, 1.82) is 0 Å². The normalized spacial score (nSPS) is 10.7. The second kappa shape index (κ2) is 6.12. The van der Waals surface area contributed by atoms with E-state index in [0.29, 0.717) is 0 Å². The van der Waals surface area contributed by atoms with E-state index < -0.39 is 0 Å². The minimum atomic E-state index is 0.727. The van der Waals surface area contributed by atoms with E-state index in [1.807, 2.05) is 48.5 Å². The molecule has 3 aromatic rings. The van der Waals surface area contributed by atoms with Crippen molar-refractivity contribution in [3.05, 3.63) is 75.8 Å². The maximum Gasteiger partial charge on any atom is 0.0741 e. The highest BCUT2D eigenvalue weighted by Gasteiger charge is 2.10. The molecule has 0 atom stereocenters. The topological polar surface area (TPSA) is 12.9 Å². The van der Waals surface area contributed by atoms with E-state index in [2.05, 4.69) is 19.9 Å². The van der Waals surface area contributed by atoms with Gasteiger partial charge >= 0.3 is 0 Å². The maximum absolute atomic E-state index is 5.98. The van der Waals surface area contributed by atoms with Crippen LogP contribution < -0.4 is 0 Å². The zero-order valence-electron chi connectivity index (χ0n) is 12.4. The van der Waals surface area contributed by atoms with Gasteiger partial charge in [0.2, 0.25) is 0 Å². The molecule has 0 radical (unpaired) electrons. The summed E-state index contributed by atoms with van der Waals surface area (Å²) in [6.45, 7) is 4.20. The van der Waals surface area contributed by atoms with Crippen LogP contribution in [0.1, 0.15) is 11.1 Å². The molecule has 0 saturated carbocycles. The summed E-state index contributed by atoms with van der Waals surface area (Å²) in [5.41, 5.74) is 6.46. The molecule has 0 amide bonds. The molecule has 0 aliphatic rings. The van der Waals surface area contributed by atoms with Crippen LogP contribution in [0.25, 0.3) is 22.5 Å². The van der Waals surface area contributed by atoms with Crippen molar-refractivity contribution in [3.8, 4) is 22.5 Å². The zero-order valence-corrected chi connectivity index (χ0v) is 13.9. The summed E-state index contributed by atoms with van der Waals surface area (Å²) >= 11 is 11.9. The fraction of sp³-hybridized carbons (Fsp3) is 0.105. The lowest BCUT2D eigenvalue weighted by Gasteiger charge is -2.12. The van der Waals surface area contributed by atoms with Gasteiger partial charge in [-0.2, -0.15) is 0 Å². The van der Waals surface area contributed by atoms with E-state index in [9.17, 15) is 0 Å². The number of aryl methyl sites for hydroxylation is 1. The van der Waals surface area contributed by atoms with Crippen LogP contribution in [0.5, 0.6) is 0 Å². The van der Waals surface area contributed by atoms with Gasteiger partial charge in [0.15, 0.2) is 0 Å².